The molecule has 1 aromatic rings. The molecular formula is C17H24N2O2. The average molecular weight is 288 g/mol. The van der Waals surface area contributed by atoms with E-state index in [1.54, 1.807) is 0 Å². The van der Waals surface area contributed by atoms with Crippen molar-refractivity contribution in [3.05, 3.63) is 48.6 Å². The van der Waals surface area contributed by atoms with E-state index in [-0.39, 0.29) is 18.4 Å². The molecule has 4 nitrogen and oxygen atoms in total. The van der Waals surface area contributed by atoms with E-state index in [0.29, 0.717) is 13.0 Å². The number of benzene rings is 1. The van der Waals surface area contributed by atoms with Crippen molar-refractivity contribution in [3.63, 3.8) is 0 Å². The van der Waals surface area contributed by atoms with Gasteiger partial charge in [-0.3, -0.25) is 9.69 Å². The lowest BCUT2D eigenvalue weighted by atomic mass is 9.95. The van der Waals surface area contributed by atoms with Crippen molar-refractivity contribution < 1.29 is 9.90 Å². The highest BCUT2D eigenvalue weighted by Gasteiger charge is 2.22. The molecule has 114 valence electrons. The second-order valence-electron chi connectivity index (χ2n) is 5.40. The standard InChI is InChI=1S/C17H24N2O2/c1-2-15(16-6-4-3-5-7-16)14-17(21)19-10-8-18(9-11-19)12-13-20/h2-7,15,20H,1,8-14H2. The molecule has 1 aliphatic heterocycles. The Morgan fingerprint density at radius 2 is 1.90 bits per heavy atom. The van der Waals surface area contributed by atoms with Crippen LogP contribution in [-0.4, -0.2) is 60.1 Å². The lowest BCUT2D eigenvalue weighted by molar-refractivity contribution is -0.133. The molecule has 4 heteroatoms. The number of rotatable bonds is 6. The molecule has 0 aliphatic carbocycles. The smallest absolute Gasteiger partial charge is 0.223 e. The molecule has 1 N–H and O–H groups in total. The van der Waals surface area contributed by atoms with Crippen LogP contribution in [0.25, 0.3) is 0 Å². The second-order valence-corrected chi connectivity index (χ2v) is 5.40. The number of carbonyl (C=O) groups is 1. The van der Waals surface area contributed by atoms with Gasteiger partial charge in [0.05, 0.1) is 6.61 Å². The number of hydrogen-bond donors (Lipinski definition) is 1. The van der Waals surface area contributed by atoms with Crippen molar-refractivity contribution in [2.75, 3.05) is 39.3 Å². The van der Waals surface area contributed by atoms with Gasteiger partial charge in [-0.2, -0.15) is 0 Å². The summed E-state index contributed by atoms with van der Waals surface area (Å²) in [6.07, 6.45) is 2.34. The van der Waals surface area contributed by atoms with Crippen LogP contribution in [0.15, 0.2) is 43.0 Å². The first kappa shape index (κ1) is 15.7. The van der Waals surface area contributed by atoms with Gasteiger partial charge in [0, 0.05) is 45.1 Å². The van der Waals surface area contributed by atoms with E-state index in [1.165, 1.54) is 0 Å². The molecule has 0 saturated carbocycles. The molecule has 1 aromatic carbocycles. The number of allylic oxidation sites excluding steroid dienone is 1. The van der Waals surface area contributed by atoms with E-state index in [0.717, 1.165) is 31.7 Å². The lowest BCUT2D eigenvalue weighted by Crippen LogP contribution is -2.49. The molecule has 1 fully saturated rings. The van der Waals surface area contributed by atoms with Crippen molar-refractivity contribution in [2.45, 2.75) is 12.3 Å². The summed E-state index contributed by atoms with van der Waals surface area (Å²) in [4.78, 5) is 16.5. The molecule has 1 saturated heterocycles. The zero-order chi connectivity index (χ0) is 15.1. The highest BCUT2D eigenvalue weighted by atomic mass is 16.3. The van der Waals surface area contributed by atoms with Gasteiger partial charge in [-0.05, 0) is 5.56 Å². The molecule has 0 spiro atoms. The summed E-state index contributed by atoms with van der Waals surface area (Å²) in [6, 6.07) is 10.0. The number of β-amino-alcohol motifs (C(OH)–C–C–N with tert-alkyl or cyclic N) is 1. The summed E-state index contributed by atoms with van der Waals surface area (Å²) >= 11 is 0. The Hall–Kier alpha value is -1.65. The Morgan fingerprint density at radius 1 is 1.24 bits per heavy atom. The van der Waals surface area contributed by atoms with Crippen molar-refractivity contribution in [1.82, 2.24) is 9.80 Å². The summed E-state index contributed by atoms with van der Waals surface area (Å²) in [6.45, 7) is 7.92. The van der Waals surface area contributed by atoms with Crippen LogP contribution in [0.1, 0.15) is 17.9 Å². The second kappa shape index (κ2) is 7.96. The molecule has 1 unspecified atom stereocenters. The maximum Gasteiger partial charge on any atom is 0.223 e. The van der Waals surface area contributed by atoms with Gasteiger partial charge < -0.3 is 10.0 Å². The summed E-state index contributed by atoms with van der Waals surface area (Å²) in [5, 5.41) is 8.94. The number of nitrogens with zero attached hydrogens (tertiary/aromatic N) is 2. The Labute approximate surface area is 126 Å². The fourth-order valence-electron chi connectivity index (χ4n) is 2.72. The van der Waals surface area contributed by atoms with Crippen LogP contribution in [0, 0.1) is 0 Å². The van der Waals surface area contributed by atoms with E-state index in [9.17, 15) is 4.79 Å². The molecule has 1 heterocycles. The predicted octanol–water partition coefficient (Wildman–Crippen LogP) is 1.48. The molecule has 1 atom stereocenters. The lowest BCUT2D eigenvalue weighted by Gasteiger charge is -2.35. The number of carbonyl (C=O) groups excluding carboxylic acids is 1. The molecule has 0 radical (unpaired) electrons. The molecule has 1 amide bonds. The molecular weight excluding hydrogens is 264 g/mol. The van der Waals surface area contributed by atoms with Crippen molar-refractivity contribution in [3.8, 4) is 0 Å². The zero-order valence-electron chi connectivity index (χ0n) is 12.4. The van der Waals surface area contributed by atoms with Gasteiger partial charge in [-0.25, -0.2) is 0 Å². The fourth-order valence-corrected chi connectivity index (χ4v) is 2.72. The number of amides is 1. The summed E-state index contributed by atoms with van der Waals surface area (Å²) in [5.74, 6) is 0.265. The van der Waals surface area contributed by atoms with Gasteiger partial charge in [0.15, 0.2) is 0 Å². The van der Waals surface area contributed by atoms with Gasteiger partial charge in [0.25, 0.3) is 0 Å². The molecule has 1 aliphatic rings. The molecule has 0 bridgehead atoms. The number of hydrogen-bond acceptors (Lipinski definition) is 3. The normalized spacial score (nSPS) is 17.5. The van der Waals surface area contributed by atoms with Crippen LogP contribution in [0.4, 0.5) is 0 Å². The third-order valence-electron chi connectivity index (χ3n) is 4.05. The Balaban J connectivity index is 1.88. The summed E-state index contributed by atoms with van der Waals surface area (Å²) in [7, 11) is 0. The third-order valence-corrected chi connectivity index (χ3v) is 4.05. The van der Waals surface area contributed by atoms with Crippen molar-refractivity contribution >= 4 is 5.91 Å². The first-order valence-electron chi connectivity index (χ1n) is 7.53. The molecule has 2 rings (SSSR count). The van der Waals surface area contributed by atoms with Crippen molar-refractivity contribution in [2.24, 2.45) is 0 Å². The third kappa shape index (κ3) is 4.41. The predicted molar refractivity (Wildman–Crippen MR) is 84.1 cm³/mol. The Kier molecular flexibility index (Phi) is 5.96. The van der Waals surface area contributed by atoms with E-state index in [4.69, 9.17) is 5.11 Å². The highest BCUT2D eigenvalue weighted by molar-refractivity contribution is 5.77. The Bertz CT molecular complexity index is 453. The van der Waals surface area contributed by atoms with Crippen LogP contribution < -0.4 is 0 Å². The van der Waals surface area contributed by atoms with Gasteiger partial charge >= 0.3 is 0 Å². The number of aliphatic hydroxyl groups is 1. The van der Waals surface area contributed by atoms with Crippen LogP contribution >= 0.6 is 0 Å². The van der Waals surface area contributed by atoms with Gasteiger partial charge in [0.2, 0.25) is 5.91 Å². The minimum absolute atomic E-state index is 0.0779. The number of aliphatic hydroxyl groups excluding tert-OH is 1. The Morgan fingerprint density at radius 3 is 2.48 bits per heavy atom. The first-order chi connectivity index (χ1) is 10.2. The largest absolute Gasteiger partial charge is 0.395 e. The van der Waals surface area contributed by atoms with Crippen LogP contribution in [0.3, 0.4) is 0 Å². The minimum Gasteiger partial charge on any atom is -0.395 e. The highest BCUT2D eigenvalue weighted by Crippen LogP contribution is 2.21. The summed E-state index contributed by atoms with van der Waals surface area (Å²) in [5.41, 5.74) is 1.14. The van der Waals surface area contributed by atoms with Gasteiger partial charge in [-0.15, -0.1) is 6.58 Å². The maximum absolute atomic E-state index is 12.4. The monoisotopic (exact) mass is 288 g/mol. The maximum atomic E-state index is 12.4. The van der Waals surface area contributed by atoms with E-state index in [1.807, 2.05) is 41.3 Å². The van der Waals surface area contributed by atoms with Crippen LogP contribution in [0.2, 0.25) is 0 Å². The molecule has 21 heavy (non-hydrogen) atoms. The quantitative estimate of drug-likeness (QED) is 0.807. The molecule has 0 aromatic heterocycles. The van der Waals surface area contributed by atoms with E-state index >= 15 is 0 Å². The zero-order valence-corrected chi connectivity index (χ0v) is 12.4. The van der Waals surface area contributed by atoms with Crippen LogP contribution in [0.5, 0.6) is 0 Å². The SMILES string of the molecule is C=CC(CC(=O)N1CCN(CCO)CC1)c1ccccc1. The van der Waals surface area contributed by atoms with E-state index < -0.39 is 0 Å². The van der Waals surface area contributed by atoms with E-state index in [2.05, 4.69) is 11.5 Å². The van der Waals surface area contributed by atoms with Gasteiger partial charge in [-0.1, -0.05) is 36.4 Å². The average Bonchev–Trinajstić information content (AvgIpc) is 2.54. The van der Waals surface area contributed by atoms with Gasteiger partial charge in [0.1, 0.15) is 0 Å². The number of piperazine rings is 1. The van der Waals surface area contributed by atoms with Crippen molar-refractivity contribution in [1.29, 1.82) is 0 Å². The first-order valence-corrected chi connectivity index (χ1v) is 7.53. The topological polar surface area (TPSA) is 43.8 Å². The minimum atomic E-state index is 0.0779. The fraction of sp³-hybridized carbons (Fsp3) is 0.471. The van der Waals surface area contributed by atoms with Crippen LogP contribution in [-0.2, 0) is 4.79 Å². The summed E-state index contributed by atoms with van der Waals surface area (Å²) < 4.78 is 0.